The number of halogens is 1. The van der Waals surface area contributed by atoms with Crippen molar-refractivity contribution in [2.75, 3.05) is 65.6 Å². The van der Waals surface area contributed by atoms with E-state index in [0.717, 1.165) is 12.3 Å². The van der Waals surface area contributed by atoms with Gasteiger partial charge in [-0.3, -0.25) is 4.79 Å². The molecule has 1 radical (unpaired) electrons. The molecule has 233 valence electrons. The zero-order valence-electron chi connectivity index (χ0n) is 24.3. The molecule has 2 saturated heterocycles. The van der Waals surface area contributed by atoms with E-state index in [-0.39, 0.29) is 30.9 Å². The van der Waals surface area contributed by atoms with Crippen LogP contribution in [0.15, 0.2) is 24.3 Å². The summed E-state index contributed by atoms with van der Waals surface area (Å²) < 4.78 is 70.7. The predicted octanol–water partition coefficient (Wildman–Crippen LogP) is 2.27. The highest BCUT2D eigenvalue weighted by atomic mass is 32.2. The van der Waals surface area contributed by atoms with E-state index < -0.39 is 31.3 Å². The lowest BCUT2D eigenvalue weighted by Gasteiger charge is -2.51. The summed E-state index contributed by atoms with van der Waals surface area (Å²) in [5.74, 6) is 0.465. The van der Waals surface area contributed by atoms with Gasteiger partial charge in [0.15, 0.2) is 0 Å². The van der Waals surface area contributed by atoms with E-state index in [1.54, 1.807) is 7.11 Å². The van der Waals surface area contributed by atoms with E-state index >= 15 is 0 Å². The number of benzene rings is 1. The normalized spacial score (nSPS) is 20.2. The van der Waals surface area contributed by atoms with Gasteiger partial charge in [-0.05, 0) is 86.5 Å². The Morgan fingerprint density at radius 1 is 1.00 bits per heavy atom. The molecular formula is C28H45FN3O7S2. The molecule has 0 aliphatic carbocycles. The van der Waals surface area contributed by atoms with Crippen molar-refractivity contribution in [3.63, 3.8) is 0 Å². The number of methoxy groups -OCH3 is 1. The van der Waals surface area contributed by atoms with E-state index in [2.05, 4.69) is 5.32 Å². The Balaban J connectivity index is 1.91. The highest BCUT2D eigenvalue weighted by Gasteiger charge is 2.48. The quantitative estimate of drug-likeness (QED) is 0.327. The number of aliphatic hydroxyl groups is 1. The molecule has 2 fully saturated rings. The van der Waals surface area contributed by atoms with E-state index in [1.807, 2.05) is 0 Å². The summed E-state index contributed by atoms with van der Waals surface area (Å²) in [7, 11) is -4.98. The highest BCUT2D eigenvalue weighted by Crippen LogP contribution is 2.52. The standard InChI is InChI=1S/C28H45FN3O7S2/c1-39-19-13-28(24-10-16-32(17-11-24)41(3,37)38,20-22-8-14-31(15-9-22)40(2,35)36)25(12-18-33)21-30-27(34)23-4-6-26(29)7-5-23/h4-7,22,24,33H,8-21H2,1-3H3,(H,30,34). The minimum Gasteiger partial charge on any atom is -0.396 e. The summed E-state index contributed by atoms with van der Waals surface area (Å²) in [6.07, 6.45) is 6.77. The molecule has 0 spiro atoms. The minimum atomic E-state index is -3.33. The van der Waals surface area contributed by atoms with E-state index in [0.29, 0.717) is 76.9 Å². The van der Waals surface area contributed by atoms with Gasteiger partial charge in [-0.15, -0.1) is 0 Å². The SMILES string of the molecule is COCCC(CC1CCN(S(C)(=O)=O)CC1)([C](CCO)CNC(=O)c1ccc(F)cc1)C1CCN(S(C)(=O)=O)CC1. The van der Waals surface area contributed by atoms with Crippen LogP contribution in [0.25, 0.3) is 0 Å². The van der Waals surface area contributed by atoms with Gasteiger partial charge in [0.25, 0.3) is 5.91 Å². The fourth-order valence-corrected chi connectivity index (χ4v) is 8.35. The van der Waals surface area contributed by atoms with Crippen LogP contribution in [0.5, 0.6) is 0 Å². The Morgan fingerprint density at radius 2 is 1.54 bits per heavy atom. The molecule has 2 aliphatic rings. The molecule has 13 heteroatoms. The number of nitrogens with one attached hydrogen (secondary N) is 1. The molecular weight excluding hydrogens is 573 g/mol. The maximum Gasteiger partial charge on any atom is 0.251 e. The van der Waals surface area contributed by atoms with Crippen molar-refractivity contribution >= 4 is 26.0 Å². The fraction of sp³-hybridized carbons (Fsp3) is 0.714. The summed E-state index contributed by atoms with van der Waals surface area (Å²) >= 11 is 0. The predicted molar refractivity (Wildman–Crippen MR) is 156 cm³/mol. The minimum absolute atomic E-state index is 0.0767. The van der Waals surface area contributed by atoms with Crippen molar-refractivity contribution in [2.45, 2.75) is 44.9 Å². The first-order chi connectivity index (χ1) is 19.3. The smallest absolute Gasteiger partial charge is 0.251 e. The Labute approximate surface area is 244 Å². The second-order valence-corrected chi connectivity index (χ2v) is 15.4. The lowest BCUT2D eigenvalue weighted by atomic mass is 9.57. The van der Waals surface area contributed by atoms with Crippen LogP contribution in [0.2, 0.25) is 0 Å². The average Bonchev–Trinajstić information content (AvgIpc) is 2.93. The molecule has 41 heavy (non-hydrogen) atoms. The van der Waals surface area contributed by atoms with Gasteiger partial charge in [0.05, 0.1) is 12.5 Å². The van der Waals surface area contributed by atoms with Crippen LogP contribution in [-0.4, -0.2) is 102 Å². The van der Waals surface area contributed by atoms with Crippen molar-refractivity contribution < 1.29 is 35.9 Å². The van der Waals surface area contributed by atoms with Crippen LogP contribution in [-0.2, 0) is 24.8 Å². The maximum absolute atomic E-state index is 13.4. The molecule has 1 aromatic carbocycles. The van der Waals surface area contributed by atoms with Crippen LogP contribution in [0.1, 0.15) is 55.3 Å². The van der Waals surface area contributed by atoms with Gasteiger partial charge >= 0.3 is 0 Å². The van der Waals surface area contributed by atoms with Gasteiger partial charge in [-0.1, -0.05) is 0 Å². The number of piperidine rings is 2. The molecule has 1 unspecified atom stereocenters. The molecule has 10 nitrogen and oxygen atoms in total. The third-order valence-electron chi connectivity index (χ3n) is 8.84. The third-order valence-corrected chi connectivity index (χ3v) is 11.4. The number of nitrogens with zero attached hydrogens (tertiary/aromatic N) is 2. The number of carbonyl (C=O) groups is 1. The lowest BCUT2D eigenvalue weighted by molar-refractivity contribution is 0.0294. The largest absolute Gasteiger partial charge is 0.396 e. The van der Waals surface area contributed by atoms with E-state index in [1.165, 1.54) is 45.4 Å². The van der Waals surface area contributed by atoms with Crippen molar-refractivity contribution in [1.29, 1.82) is 0 Å². The van der Waals surface area contributed by atoms with Crippen molar-refractivity contribution in [3.8, 4) is 0 Å². The Kier molecular flexibility index (Phi) is 12.1. The Morgan fingerprint density at radius 3 is 2.02 bits per heavy atom. The maximum atomic E-state index is 13.4. The van der Waals surface area contributed by atoms with Crippen LogP contribution in [0.3, 0.4) is 0 Å². The van der Waals surface area contributed by atoms with Gasteiger partial charge in [0.1, 0.15) is 5.82 Å². The van der Waals surface area contributed by atoms with Crippen LogP contribution >= 0.6 is 0 Å². The Hall–Kier alpha value is -1.64. The fourth-order valence-electron chi connectivity index (χ4n) is 6.61. The molecule has 1 aromatic rings. The van der Waals surface area contributed by atoms with Crippen LogP contribution < -0.4 is 5.32 Å². The number of sulfonamides is 2. The number of hydrogen-bond acceptors (Lipinski definition) is 7. The number of amides is 1. The monoisotopic (exact) mass is 618 g/mol. The van der Waals surface area contributed by atoms with Gasteiger partial charge in [-0.2, -0.15) is 0 Å². The lowest BCUT2D eigenvalue weighted by Crippen LogP contribution is -2.50. The second-order valence-electron chi connectivity index (χ2n) is 11.4. The first kappa shape index (κ1) is 33.9. The van der Waals surface area contributed by atoms with E-state index in [4.69, 9.17) is 4.74 Å². The molecule has 0 aromatic heterocycles. The summed E-state index contributed by atoms with van der Waals surface area (Å²) in [5, 5.41) is 13.1. The molecule has 0 saturated carbocycles. The van der Waals surface area contributed by atoms with Gasteiger partial charge in [0.2, 0.25) is 20.0 Å². The third kappa shape index (κ3) is 9.17. The molecule has 1 atom stereocenters. The second kappa shape index (κ2) is 14.7. The van der Waals surface area contributed by atoms with Crippen LogP contribution in [0.4, 0.5) is 4.39 Å². The first-order valence-electron chi connectivity index (χ1n) is 14.2. The summed E-state index contributed by atoms with van der Waals surface area (Å²) in [6.45, 7) is 2.17. The number of hydrogen-bond donors (Lipinski definition) is 2. The Bertz CT molecular complexity index is 1200. The zero-order chi connectivity index (χ0) is 30.3. The number of rotatable bonds is 14. The van der Waals surface area contributed by atoms with Gasteiger partial charge < -0.3 is 15.2 Å². The first-order valence-corrected chi connectivity index (χ1v) is 17.9. The summed E-state index contributed by atoms with van der Waals surface area (Å²) in [5.41, 5.74) is -0.150. The molecule has 3 rings (SSSR count). The summed E-state index contributed by atoms with van der Waals surface area (Å²) in [4.78, 5) is 13.0. The van der Waals surface area contributed by atoms with Crippen molar-refractivity contribution in [3.05, 3.63) is 41.6 Å². The molecule has 2 N–H and O–H groups in total. The summed E-state index contributed by atoms with van der Waals surface area (Å²) in [6, 6.07) is 5.30. The van der Waals surface area contributed by atoms with Gasteiger partial charge in [-0.25, -0.2) is 29.8 Å². The number of carbonyl (C=O) groups excluding carboxylic acids is 1. The molecule has 2 aliphatic heterocycles. The van der Waals surface area contributed by atoms with Crippen LogP contribution in [0, 0.1) is 29.0 Å². The average molecular weight is 619 g/mol. The van der Waals surface area contributed by atoms with Crippen molar-refractivity contribution in [2.24, 2.45) is 17.3 Å². The molecule has 1 amide bonds. The van der Waals surface area contributed by atoms with Crippen molar-refractivity contribution in [1.82, 2.24) is 13.9 Å². The zero-order valence-corrected chi connectivity index (χ0v) is 26.0. The number of aliphatic hydroxyl groups excluding tert-OH is 1. The molecule has 2 heterocycles. The van der Waals surface area contributed by atoms with E-state index in [9.17, 15) is 31.1 Å². The highest BCUT2D eigenvalue weighted by molar-refractivity contribution is 7.88. The van der Waals surface area contributed by atoms with Gasteiger partial charge in [0, 0.05) is 64.5 Å². The topological polar surface area (TPSA) is 133 Å². The molecule has 0 bridgehead atoms. The number of ether oxygens (including phenoxy) is 1.